The number of para-hydroxylation sites is 4. The summed E-state index contributed by atoms with van der Waals surface area (Å²) in [6.45, 7) is 0. The summed E-state index contributed by atoms with van der Waals surface area (Å²) in [4.78, 5) is 0. The van der Waals surface area contributed by atoms with Gasteiger partial charge in [0, 0.05) is 38.4 Å². The van der Waals surface area contributed by atoms with Gasteiger partial charge in [-0.3, -0.25) is 0 Å². The number of hydrogen-bond acceptors (Lipinski definition) is 3. The molecule has 0 aliphatic heterocycles. The van der Waals surface area contributed by atoms with Crippen molar-refractivity contribution >= 4 is 43.6 Å². The molecule has 0 bridgehead atoms. The van der Waals surface area contributed by atoms with Crippen molar-refractivity contribution in [3.05, 3.63) is 168 Å². The molecule has 50 heavy (non-hydrogen) atoms. The summed E-state index contributed by atoms with van der Waals surface area (Å²) in [6, 6.07) is 57.8. The molecule has 0 radical (unpaired) electrons. The van der Waals surface area contributed by atoms with Crippen molar-refractivity contribution in [3.8, 4) is 51.8 Å². The molecule has 5 nitrogen and oxygen atoms in total. The standard InChI is InChI=1S/C45H25N5/c46-26-29-16-23-44-40(24-29)39-12-7-8-32(27-47)45(39)50(44)43-15-6-1-9-36(43)35-22-19-31(25-33(35)28-48)30-17-20-34(21-18-30)49-41-13-4-2-10-37(41)38-11-3-5-14-42(38)49/h1-25H. The molecule has 5 heteroatoms. The summed E-state index contributed by atoms with van der Waals surface area (Å²) in [5.74, 6) is 0. The lowest BCUT2D eigenvalue weighted by molar-refractivity contribution is 1.18. The van der Waals surface area contributed by atoms with Crippen molar-refractivity contribution in [3.63, 3.8) is 0 Å². The van der Waals surface area contributed by atoms with Gasteiger partial charge in [0.15, 0.2) is 0 Å². The first-order chi connectivity index (χ1) is 24.7. The second-order valence-corrected chi connectivity index (χ2v) is 12.3. The predicted molar refractivity (Wildman–Crippen MR) is 200 cm³/mol. The number of rotatable bonds is 4. The second kappa shape index (κ2) is 11.4. The Labute approximate surface area is 287 Å². The molecule has 0 aliphatic rings. The zero-order valence-corrected chi connectivity index (χ0v) is 26.7. The lowest BCUT2D eigenvalue weighted by Gasteiger charge is -2.16. The molecule has 7 aromatic carbocycles. The number of aromatic nitrogens is 2. The fourth-order valence-corrected chi connectivity index (χ4v) is 7.43. The summed E-state index contributed by atoms with van der Waals surface area (Å²) >= 11 is 0. The van der Waals surface area contributed by atoms with Crippen LogP contribution in [0.3, 0.4) is 0 Å². The third-order valence-corrected chi connectivity index (χ3v) is 9.65. The Morgan fingerprint density at radius 1 is 0.400 bits per heavy atom. The van der Waals surface area contributed by atoms with Crippen molar-refractivity contribution in [2.45, 2.75) is 0 Å². The molecule has 2 heterocycles. The Morgan fingerprint density at radius 3 is 1.76 bits per heavy atom. The molecular formula is C45H25N5. The monoisotopic (exact) mass is 635 g/mol. The van der Waals surface area contributed by atoms with Crippen LogP contribution >= 0.6 is 0 Å². The highest BCUT2D eigenvalue weighted by atomic mass is 15.0. The summed E-state index contributed by atoms with van der Waals surface area (Å²) in [7, 11) is 0. The predicted octanol–water partition coefficient (Wildman–Crippen LogP) is 10.8. The third-order valence-electron chi connectivity index (χ3n) is 9.65. The summed E-state index contributed by atoms with van der Waals surface area (Å²) in [5, 5.41) is 34.5. The van der Waals surface area contributed by atoms with Crippen molar-refractivity contribution < 1.29 is 0 Å². The minimum atomic E-state index is 0.534. The van der Waals surface area contributed by atoms with E-state index in [1.807, 2.05) is 66.7 Å². The maximum Gasteiger partial charge on any atom is 0.101 e. The van der Waals surface area contributed by atoms with Gasteiger partial charge in [0.05, 0.1) is 56.6 Å². The van der Waals surface area contributed by atoms with Gasteiger partial charge in [-0.05, 0) is 71.8 Å². The van der Waals surface area contributed by atoms with Crippen molar-refractivity contribution in [1.29, 1.82) is 15.8 Å². The van der Waals surface area contributed by atoms with Gasteiger partial charge in [-0.1, -0.05) is 91.0 Å². The zero-order valence-electron chi connectivity index (χ0n) is 26.7. The van der Waals surface area contributed by atoms with Crippen LogP contribution in [-0.4, -0.2) is 9.13 Å². The molecule has 0 fully saturated rings. The van der Waals surface area contributed by atoms with E-state index in [1.54, 1.807) is 6.07 Å². The number of hydrogen-bond donors (Lipinski definition) is 0. The van der Waals surface area contributed by atoms with E-state index in [1.165, 1.54) is 10.8 Å². The van der Waals surface area contributed by atoms with Crippen LogP contribution < -0.4 is 0 Å². The van der Waals surface area contributed by atoms with Gasteiger partial charge in [-0.25, -0.2) is 0 Å². The highest BCUT2D eigenvalue weighted by molar-refractivity contribution is 6.12. The average Bonchev–Trinajstić information content (AvgIpc) is 3.70. The van der Waals surface area contributed by atoms with Gasteiger partial charge in [-0.2, -0.15) is 15.8 Å². The second-order valence-electron chi connectivity index (χ2n) is 12.3. The van der Waals surface area contributed by atoms with Crippen LogP contribution in [0.5, 0.6) is 0 Å². The molecule has 0 N–H and O–H groups in total. The Balaban J connectivity index is 1.17. The van der Waals surface area contributed by atoms with E-state index in [0.29, 0.717) is 16.7 Å². The molecule has 0 atom stereocenters. The maximum absolute atomic E-state index is 10.5. The van der Waals surface area contributed by atoms with E-state index in [9.17, 15) is 15.8 Å². The molecule has 0 amide bonds. The van der Waals surface area contributed by atoms with Gasteiger partial charge in [0.2, 0.25) is 0 Å². The zero-order chi connectivity index (χ0) is 33.8. The van der Waals surface area contributed by atoms with Crippen molar-refractivity contribution in [2.24, 2.45) is 0 Å². The quantitative estimate of drug-likeness (QED) is 0.193. The molecule has 9 rings (SSSR count). The largest absolute Gasteiger partial charge is 0.309 e. The summed E-state index contributed by atoms with van der Waals surface area (Å²) < 4.78 is 4.38. The lowest BCUT2D eigenvalue weighted by atomic mass is 9.94. The number of nitrogens with zero attached hydrogens (tertiary/aromatic N) is 5. The minimum absolute atomic E-state index is 0.534. The van der Waals surface area contributed by atoms with Crippen LogP contribution in [0.2, 0.25) is 0 Å². The topological polar surface area (TPSA) is 81.2 Å². The molecule has 9 aromatic rings. The van der Waals surface area contributed by atoms with Gasteiger partial charge in [0.1, 0.15) is 6.07 Å². The van der Waals surface area contributed by atoms with Crippen LogP contribution in [0.1, 0.15) is 16.7 Å². The SMILES string of the molecule is N#Cc1ccc2c(c1)c1cccc(C#N)c1n2-c1ccccc1-c1ccc(-c2ccc(-n3c4ccccc4c4ccccc43)cc2)cc1C#N. The molecule has 0 spiro atoms. The molecular weight excluding hydrogens is 611 g/mol. The Hall–Kier alpha value is -7.39. The van der Waals surface area contributed by atoms with E-state index >= 15 is 0 Å². The third kappa shape index (κ3) is 4.31. The Bertz CT molecular complexity index is 2900. The van der Waals surface area contributed by atoms with E-state index in [2.05, 4.69) is 106 Å². The fourth-order valence-electron chi connectivity index (χ4n) is 7.43. The van der Waals surface area contributed by atoms with E-state index in [4.69, 9.17) is 0 Å². The molecule has 0 saturated heterocycles. The molecule has 0 unspecified atom stereocenters. The van der Waals surface area contributed by atoms with Gasteiger partial charge in [0.25, 0.3) is 0 Å². The van der Waals surface area contributed by atoms with Gasteiger partial charge in [-0.15, -0.1) is 0 Å². The van der Waals surface area contributed by atoms with E-state index in [-0.39, 0.29) is 0 Å². The summed E-state index contributed by atoms with van der Waals surface area (Å²) in [6.07, 6.45) is 0. The fraction of sp³-hybridized carbons (Fsp3) is 0. The van der Waals surface area contributed by atoms with E-state index in [0.717, 1.165) is 66.5 Å². The highest BCUT2D eigenvalue weighted by Crippen LogP contribution is 2.40. The molecule has 230 valence electrons. The van der Waals surface area contributed by atoms with Crippen LogP contribution in [-0.2, 0) is 0 Å². The van der Waals surface area contributed by atoms with Crippen molar-refractivity contribution in [2.75, 3.05) is 0 Å². The maximum atomic E-state index is 10.5. The smallest absolute Gasteiger partial charge is 0.101 e. The minimum Gasteiger partial charge on any atom is -0.309 e. The first-order valence-corrected chi connectivity index (χ1v) is 16.3. The van der Waals surface area contributed by atoms with Gasteiger partial charge >= 0.3 is 0 Å². The Kier molecular flexibility index (Phi) is 6.56. The van der Waals surface area contributed by atoms with Crippen molar-refractivity contribution in [1.82, 2.24) is 9.13 Å². The normalized spacial score (nSPS) is 11.1. The summed E-state index contributed by atoms with van der Waals surface area (Å²) in [5.41, 5.74) is 11.2. The molecule has 0 saturated carbocycles. The first-order valence-electron chi connectivity index (χ1n) is 16.3. The average molecular weight is 636 g/mol. The molecule has 0 aliphatic carbocycles. The number of nitriles is 3. The van der Waals surface area contributed by atoms with Gasteiger partial charge < -0.3 is 9.13 Å². The van der Waals surface area contributed by atoms with Crippen LogP contribution in [0.4, 0.5) is 0 Å². The lowest BCUT2D eigenvalue weighted by Crippen LogP contribution is -1.99. The number of benzene rings is 7. The highest BCUT2D eigenvalue weighted by Gasteiger charge is 2.20. The van der Waals surface area contributed by atoms with Crippen LogP contribution in [0.25, 0.3) is 77.2 Å². The van der Waals surface area contributed by atoms with Crippen LogP contribution in [0, 0.1) is 34.0 Å². The number of fused-ring (bicyclic) bond motifs is 6. The Morgan fingerprint density at radius 2 is 1.04 bits per heavy atom. The van der Waals surface area contributed by atoms with Crippen LogP contribution in [0.15, 0.2) is 152 Å². The van der Waals surface area contributed by atoms with E-state index < -0.39 is 0 Å². The first kappa shape index (κ1) is 28.8. The molecule has 2 aromatic heterocycles.